The van der Waals surface area contributed by atoms with Gasteiger partial charge in [-0.05, 0) is 45.0 Å². The maximum Gasteiger partial charge on any atom is 0.254 e. The number of nitrogens with zero attached hydrogens (tertiary/aromatic N) is 1. The molecule has 0 atom stereocenters. The van der Waals surface area contributed by atoms with Crippen molar-refractivity contribution in [3.63, 3.8) is 0 Å². The van der Waals surface area contributed by atoms with E-state index in [0.717, 1.165) is 17.0 Å². The molecule has 1 aromatic carbocycles. The van der Waals surface area contributed by atoms with E-state index < -0.39 is 5.54 Å². The van der Waals surface area contributed by atoms with E-state index in [1.807, 2.05) is 45.2 Å². The van der Waals surface area contributed by atoms with Crippen LogP contribution < -0.4 is 10.1 Å². The molecule has 0 aliphatic rings. The van der Waals surface area contributed by atoms with E-state index in [2.05, 4.69) is 20.5 Å². The van der Waals surface area contributed by atoms with Crippen LogP contribution in [-0.4, -0.2) is 33.7 Å². The number of amides is 1. The Morgan fingerprint density at radius 2 is 1.96 bits per heavy atom. The smallest absolute Gasteiger partial charge is 0.254 e. The Bertz CT molecular complexity index is 924. The average molecular weight is 373 g/mol. The first-order chi connectivity index (χ1) is 12.3. The van der Waals surface area contributed by atoms with Crippen molar-refractivity contribution in [2.24, 2.45) is 0 Å². The third-order valence-corrected chi connectivity index (χ3v) is 4.22. The lowest BCUT2D eigenvalue weighted by Gasteiger charge is -2.22. The molecule has 2 heterocycles. The first kappa shape index (κ1) is 18.1. The van der Waals surface area contributed by atoms with E-state index in [1.165, 1.54) is 7.11 Å². The molecule has 26 heavy (non-hydrogen) atoms. The summed E-state index contributed by atoms with van der Waals surface area (Å²) in [5, 5.41) is 10.2. The number of hydrogen-bond donors (Lipinski definition) is 3. The van der Waals surface area contributed by atoms with Gasteiger partial charge in [-0.1, -0.05) is 11.6 Å². The SMILES string of the molecule is COc1ccc(-c2[nH]ccc2-c2ccn[nH]2)c(C(=O)NC(C)(C)C)c1Cl. The van der Waals surface area contributed by atoms with Crippen molar-refractivity contribution in [1.82, 2.24) is 20.5 Å². The van der Waals surface area contributed by atoms with Gasteiger partial charge in [0.05, 0.1) is 29.1 Å². The molecular weight excluding hydrogens is 352 g/mol. The monoisotopic (exact) mass is 372 g/mol. The first-order valence-electron chi connectivity index (χ1n) is 8.18. The van der Waals surface area contributed by atoms with Crippen molar-refractivity contribution in [1.29, 1.82) is 0 Å². The summed E-state index contributed by atoms with van der Waals surface area (Å²) in [6.45, 7) is 5.76. The number of aromatic amines is 2. The minimum atomic E-state index is -0.400. The number of ether oxygens (including phenoxy) is 1. The summed E-state index contributed by atoms with van der Waals surface area (Å²) < 4.78 is 5.30. The molecule has 0 aliphatic heterocycles. The summed E-state index contributed by atoms with van der Waals surface area (Å²) in [4.78, 5) is 16.2. The zero-order chi connectivity index (χ0) is 18.9. The number of halogens is 1. The summed E-state index contributed by atoms with van der Waals surface area (Å²) in [6.07, 6.45) is 3.50. The maximum absolute atomic E-state index is 13.0. The van der Waals surface area contributed by atoms with Gasteiger partial charge in [-0.25, -0.2) is 0 Å². The lowest BCUT2D eigenvalue weighted by Crippen LogP contribution is -2.41. The second kappa shape index (κ2) is 6.88. The molecule has 0 saturated carbocycles. The van der Waals surface area contributed by atoms with Gasteiger partial charge in [-0.3, -0.25) is 9.89 Å². The number of nitrogens with one attached hydrogen (secondary N) is 3. The predicted octanol–water partition coefficient (Wildman–Crippen LogP) is 4.26. The van der Waals surface area contributed by atoms with E-state index in [0.29, 0.717) is 16.9 Å². The van der Waals surface area contributed by atoms with Crippen LogP contribution in [0.5, 0.6) is 5.75 Å². The minimum absolute atomic E-state index is 0.262. The molecule has 3 rings (SSSR count). The van der Waals surface area contributed by atoms with Crippen molar-refractivity contribution in [2.45, 2.75) is 26.3 Å². The molecule has 2 aromatic heterocycles. The molecule has 0 saturated heterocycles. The molecule has 136 valence electrons. The van der Waals surface area contributed by atoms with E-state index in [4.69, 9.17) is 16.3 Å². The molecule has 0 unspecified atom stereocenters. The fraction of sp³-hybridized carbons (Fsp3) is 0.263. The van der Waals surface area contributed by atoms with Gasteiger partial charge in [0.2, 0.25) is 0 Å². The van der Waals surface area contributed by atoms with Crippen LogP contribution >= 0.6 is 11.6 Å². The molecular formula is C19H21ClN4O2. The average Bonchev–Trinajstić information content (AvgIpc) is 3.23. The van der Waals surface area contributed by atoms with Crippen LogP contribution in [0.4, 0.5) is 0 Å². The second-order valence-electron chi connectivity index (χ2n) is 6.95. The van der Waals surface area contributed by atoms with Crippen LogP contribution in [0.2, 0.25) is 5.02 Å². The standard InChI is InChI=1S/C19H21ClN4O2/c1-19(2,3)23-18(25)15-12(5-6-14(26-4)16(15)20)17-11(7-9-21-17)13-8-10-22-24-13/h5-10,21H,1-4H3,(H,22,24)(H,23,25). The Morgan fingerprint density at radius 3 is 2.58 bits per heavy atom. The Kier molecular flexibility index (Phi) is 4.78. The third-order valence-electron chi connectivity index (χ3n) is 3.85. The number of carbonyl (C=O) groups is 1. The van der Waals surface area contributed by atoms with E-state index in [-0.39, 0.29) is 10.9 Å². The minimum Gasteiger partial charge on any atom is -0.495 e. The van der Waals surface area contributed by atoms with Gasteiger partial charge in [0.25, 0.3) is 5.91 Å². The van der Waals surface area contributed by atoms with Gasteiger partial charge >= 0.3 is 0 Å². The van der Waals surface area contributed by atoms with Crippen LogP contribution in [0.15, 0.2) is 36.7 Å². The van der Waals surface area contributed by atoms with Crippen molar-refractivity contribution < 1.29 is 9.53 Å². The molecule has 1 amide bonds. The highest BCUT2D eigenvalue weighted by Gasteiger charge is 2.25. The topological polar surface area (TPSA) is 82.8 Å². The molecule has 0 aliphatic carbocycles. The van der Waals surface area contributed by atoms with Crippen molar-refractivity contribution in [2.75, 3.05) is 7.11 Å². The van der Waals surface area contributed by atoms with E-state index in [1.54, 1.807) is 12.3 Å². The molecule has 3 aromatic rings. The van der Waals surface area contributed by atoms with Crippen molar-refractivity contribution in [3.8, 4) is 28.3 Å². The highest BCUT2D eigenvalue weighted by Crippen LogP contribution is 2.39. The summed E-state index contributed by atoms with van der Waals surface area (Å²) in [5.74, 6) is 0.186. The predicted molar refractivity (Wildman–Crippen MR) is 103 cm³/mol. The first-order valence-corrected chi connectivity index (χ1v) is 8.56. The zero-order valence-corrected chi connectivity index (χ0v) is 15.9. The highest BCUT2D eigenvalue weighted by atomic mass is 35.5. The zero-order valence-electron chi connectivity index (χ0n) is 15.1. The number of benzene rings is 1. The number of hydrogen-bond acceptors (Lipinski definition) is 3. The lowest BCUT2D eigenvalue weighted by atomic mass is 9.98. The van der Waals surface area contributed by atoms with Gasteiger partial charge in [0, 0.05) is 29.1 Å². The number of H-pyrrole nitrogens is 2. The van der Waals surface area contributed by atoms with E-state index >= 15 is 0 Å². The lowest BCUT2D eigenvalue weighted by molar-refractivity contribution is 0.0920. The molecule has 6 nitrogen and oxygen atoms in total. The van der Waals surface area contributed by atoms with Gasteiger partial charge in [0.15, 0.2) is 0 Å². The molecule has 0 bridgehead atoms. The summed E-state index contributed by atoms with van der Waals surface area (Å²) in [5.41, 5.74) is 3.17. The Hall–Kier alpha value is -2.73. The fourth-order valence-electron chi connectivity index (χ4n) is 2.77. The van der Waals surface area contributed by atoms with Crippen molar-refractivity contribution in [3.05, 3.63) is 47.2 Å². The fourth-order valence-corrected chi connectivity index (χ4v) is 3.10. The Balaban J connectivity index is 2.19. The maximum atomic E-state index is 13.0. The number of methoxy groups -OCH3 is 1. The van der Waals surface area contributed by atoms with Crippen LogP contribution in [0, 0.1) is 0 Å². The third kappa shape index (κ3) is 3.46. The summed E-state index contributed by atoms with van der Waals surface area (Å²) in [6, 6.07) is 7.37. The highest BCUT2D eigenvalue weighted by molar-refractivity contribution is 6.36. The van der Waals surface area contributed by atoms with Gasteiger partial charge in [0.1, 0.15) is 5.75 Å². The normalized spacial score (nSPS) is 11.4. The summed E-state index contributed by atoms with van der Waals surface area (Å²) >= 11 is 6.51. The van der Waals surface area contributed by atoms with E-state index in [9.17, 15) is 4.79 Å². The largest absolute Gasteiger partial charge is 0.495 e. The molecule has 0 radical (unpaired) electrons. The molecule has 7 heteroatoms. The number of rotatable bonds is 4. The Labute approximate surface area is 156 Å². The van der Waals surface area contributed by atoms with Crippen LogP contribution in [0.25, 0.3) is 22.5 Å². The molecule has 0 spiro atoms. The number of carbonyl (C=O) groups excluding carboxylic acids is 1. The summed E-state index contributed by atoms with van der Waals surface area (Å²) in [7, 11) is 1.52. The van der Waals surface area contributed by atoms with Gasteiger partial charge in [-0.2, -0.15) is 5.10 Å². The second-order valence-corrected chi connectivity index (χ2v) is 7.32. The number of aromatic nitrogens is 3. The van der Waals surface area contributed by atoms with Crippen LogP contribution in [0.3, 0.4) is 0 Å². The van der Waals surface area contributed by atoms with Gasteiger partial charge in [-0.15, -0.1) is 0 Å². The van der Waals surface area contributed by atoms with Crippen LogP contribution in [-0.2, 0) is 0 Å². The molecule has 0 fully saturated rings. The quantitative estimate of drug-likeness (QED) is 0.639. The Morgan fingerprint density at radius 1 is 1.19 bits per heavy atom. The van der Waals surface area contributed by atoms with Crippen LogP contribution in [0.1, 0.15) is 31.1 Å². The van der Waals surface area contributed by atoms with Crippen molar-refractivity contribution >= 4 is 17.5 Å². The molecule has 3 N–H and O–H groups in total. The van der Waals surface area contributed by atoms with Gasteiger partial charge < -0.3 is 15.0 Å².